The molecule has 0 bridgehead atoms. The maximum atomic E-state index is 13.7. The van der Waals surface area contributed by atoms with Gasteiger partial charge in [0.15, 0.2) is 0 Å². The van der Waals surface area contributed by atoms with Gasteiger partial charge in [-0.2, -0.15) is 26.3 Å². The lowest BCUT2D eigenvalue weighted by molar-refractivity contribution is -0.376. The number of nitrogens with zero attached hydrogens (tertiary/aromatic N) is 2. The Kier molecular flexibility index (Phi) is 8.17. The van der Waals surface area contributed by atoms with Crippen molar-refractivity contribution in [1.29, 1.82) is 0 Å². The number of ether oxygens (including phenoxy) is 1. The van der Waals surface area contributed by atoms with E-state index in [1.165, 1.54) is 25.4 Å². The van der Waals surface area contributed by atoms with Crippen molar-refractivity contribution in [1.82, 2.24) is 10.3 Å². The van der Waals surface area contributed by atoms with E-state index in [0.717, 1.165) is 34.6 Å². The van der Waals surface area contributed by atoms with E-state index < -0.39 is 56.2 Å². The summed E-state index contributed by atoms with van der Waals surface area (Å²) >= 11 is 0. The summed E-state index contributed by atoms with van der Waals surface area (Å²) in [5.41, 5.74) is -7.14. The lowest BCUT2D eigenvalue weighted by atomic mass is 9.88. The molecule has 4 rings (SSSR count). The van der Waals surface area contributed by atoms with Crippen LogP contribution in [0.2, 0.25) is 0 Å². The molecule has 0 saturated carbocycles. The third-order valence-corrected chi connectivity index (χ3v) is 8.59. The molecule has 0 saturated heterocycles. The van der Waals surface area contributed by atoms with Gasteiger partial charge in [-0.15, -0.1) is 0 Å². The monoisotopic (exact) mass is 621 g/mol. The molecule has 0 spiro atoms. The second-order valence-electron chi connectivity index (χ2n) is 9.29. The highest BCUT2D eigenvalue weighted by atomic mass is 32.2. The number of methoxy groups -OCH3 is 1. The van der Waals surface area contributed by atoms with Gasteiger partial charge in [-0.05, 0) is 54.8 Å². The van der Waals surface area contributed by atoms with Crippen molar-refractivity contribution >= 4 is 21.6 Å². The van der Waals surface area contributed by atoms with Crippen LogP contribution in [-0.2, 0) is 22.0 Å². The molecule has 0 fully saturated rings. The van der Waals surface area contributed by atoms with E-state index in [4.69, 9.17) is 4.74 Å². The van der Waals surface area contributed by atoms with E-state index in [1.54, 1.807) is 0 Å². The Hall–Kier alpha value is -3.92. The highest BCUT2D eigenvalue weighted by molar-refractivity contribution is 7.92. The van der Waals surface area contributed by atoms with Crippen LogP contribution in [0, 0.1) is 5.82 Å². The number of anilines is 1. The number of hydrogen-bond acceptors (Lipinski definition) is 6. The Morgan fingerprint density at radius 2 is 1.69 bits per heavy atom. The minimum atomic E-state index is -6.14. The normalized spacial score (nSPS) is 16.1. The molecule has 1 amide bonds. The molecule has 8 nitrogen and oxygen atoms in total. The molecule has 2 N–H and O–H groups in total. The van der Waals surface area contributed by atoms with Gasteiger partial charge in [0.2, 0.25) is 5.88 Å². The van der Waals surface area contributed by atoms with Gasteiger partial charge in [0.1, 0.15) is 5.82 Å². The van der Waals surface area contributed by atoms with Gasteiger partial charge in [0.25, 0.3) is 21.5 Å². The van der Waals surface area contributed by atoms with E-state index in [9.17, 15) is 49.1 Å². The summed E-state index contributed by atoms with van der Waals surface area (Å²) in [4.78, 5) is 16.2. The van der Waals surface area contributed by atoms with Crippen molar-refractivity contribution in [2.24, 2.45) is 0 Å². The zero-order chi connectivity index (χ0) is 31.1. The number of rotatable bonds is 7. The maximum absolute atomic E-state index is 13.7. The van der Waals surface area contributed by atoms with Crippen molar-refractivity contribution < 1.29 is 53.8 Å². The first kappa shape index (κ1) is 31.0. The number of hydrogen-bond donors (Lipinski definition) is 2. The van der Waals surface area contributed by atoms with E-state index >= 15 is 0 Å². The summed E-state index contributed by atoms with van der Waals surface area (Å²) in [6.45, 7) is -0.319. The topological polar surface area (TPSA) is 109 Å². The zero-order valence-corrected chi connectivity index (χ0v) is 22.3. The molecule has 16 heteroatoms. The minimum absolute atomic E-state index is 0.120. The quantitative estimate of drug-likeness (QED) is 0.377. The molecule has 3 aromatic rings. The predicted octanol–water partition coefficient (Wildman–Crippen LogP) is 4.48. The maximum Gasteiger partial charge on any atom is 0.430 e. The molecular weight excluding hydrogens is 599 g/mol. The molecule has 226 valence electrons. The van der Waals surface area contributed by atoms with Crippen molar-refractivity contribution in [2.45, 2.75) is 41.7 Å². The zero-order valence-electron chi connectivity index (χ0n) is 21.5. The van der Waals surface area contributed by atoms with Gasteiger partial charge in [-0.25, -0.2) is 17.8 Å². The van der Waals surface area contributed by atoms with E-state index in [2.05, 4.69) is 10.3 Å². The Labute approximate surface area is 234 Å². The van der Waals surface area contributed by atoms with Gasteiger partial charge in [-0.1, -0.05) is 12.1 Å². The Morgan fingerprint density at radius 3 is 2.29 bits per heavy atom. The van der Waals surface area contributed by atoms with Gasteiger partial charge in [0, 0.05) is 29.9 Å². The van der Waals surface area contributed by atoms with Crippen LogP contribution in [0.5, 0.6) is 5.88 Å². The minimum Gasteiger partial charge on any atom is -0.481 e. The van der Waals surface area contributed by atoms with Crippen LogP contribution in [0.25, 0.3) is 0 Å². The number of carbonyl (C=O) groups is 1. The number of nitrogens with one attached hydrogen (secondary N) is 1. The second kappa shape index (κ2) is 11.1. The standard InChI is InChI=1S/C26H22F7N3O5S/c1-41-22-13-16(10-11-34-22)23(37)35-14-19-6-2-15-12-17(24(38,25(28,29)30)26(31,32)33)3-9-21(15)36(19)42(39,40)20-7-4-18(27)5-8-20/h3-5,7-13,19,38H,2,6,14H2,1H3,(H,35,37)/t19-/m0/s1. The van der Waals surface area contributed by atoms with Crippen LogP contribution in [0.4, 0.5) is 36.4 Å². The lowest BCUT2D eigenvalue weighted by Gasteiger charge is -2.39. The Balaban J connectivity index is 1.76. The van der Waals surface area contributed by atoms with Gasteiger partial charge >= 0.3 is 12.4 Å². The lowest BCUT2D eigenvalue weighted by Crippen LogP contribution is -2.54. The van der Waals surface area contributed by atoms with Crippen LogP contribution in [0.15, 0.2) is 65.7 Å². The molecule has 0 unspecified atom stereocenters. The van der Waals surface area contributed by atoms with Gasteiger partial charge in [0.05, 0.1) is 23.7 Å². The average Bonchev–Trinajstić information content (AvgIpc) is 2.93. The number of benzene rings is 2. The molecular formula is C26H22F7N3O5S. The largest absolute Gasteiger partial charge is 0.481 e. The number of pyridine rings is 1. The van der Waals surface area contributed by atoms with E-state index in [-0.39, 0.29) is 42.1 Å². The third-order valence-electron chi connectivity index (χ3n) is 6.71. The van der Waals surface area contributed by atoms with Crippen LogP contribution < -0.4 is 14.4 Å². The SMILES string of the molecule is COc1cc(C(=O)NC[C@@H]2CCc3cc(C(O)(C(F)(F)F)C(F)(F)F)ccc3N2S(=O)(=O)c2ccc(F)cc2)ccn1. The summed E-state index contributed by atoms with van der Waals surface area (Å²) in [5.74, 6) is -1.27. The van der Waals surface area contributed by atoms with Crippen LogP contribution in [-0.4, -0.2) is 56.5 Å². The Bertz CT molecular complexity index is 1560. The number of aliphatic hydroxyl groups is 1. The highest BCUT2D eigenvalue weighted by Crippen LogP contribution is 2.51. The summed E-state index contributed by atoms with van der Waals surface area (Å²) in [5, 5.41) is 12.4. The average molecular weight is 622 g/mol. The number of aryl methyl sites for hydroxylation is 1. The van der Waals surface area contributed by atoms with Crippen molar-refractivity contribution in [2.75, 3.05) is 18.0 Å². The summed E-state index contributed by atoms with van der Waals surface area (Å²) in [7, 11) is -3.26. The molecule has 1 aliphatic heterocycles. The van der Waals surface area contributed by atoms with Crippen molar-refractivity contribution in [3.05, 3.63) is 83.3 Å². The highest BCUT2D eigenvalue weighted by Gasteiger charge is 2.71. The van der Waals surface area contributed by atoms with Crippen LogP contribution in [0.3, 0.4) is 0 Å². The summed E-state index contributed by atoms with van der Waals surface area (Å²) in [6.07, 6.45) is -11.3. The molecule has 0 aliphatic carbocycles. The first-order valence-electron chi connectivity index (χ1n) is 12.1. The molecule has 0 radical (unpaired) electrons. The third kappa shape index (κ3) is 5.60. The number of halogens is 7. The Morgan fingerprint density at radius 1 is 1.05 bits per heavy atom. The number of sulfonamides is 1. The molecule has 1 aromatic heterocycles. The molecule has 42 heavy (non-hydrogen) atoms. The number of amides is 1. The predicted molar refractivity (Wildman–Crippen MR) is 134 cm³/mol. The van der Waals surface area contributed by atoms with Crippen LogP contribution in [0.1, 0.15) is 27.9 Å². The summed E-state index contributed by atoms with van der Waals surface area (Å²) in [6, 6.07) is 6.77. The fourth-order valence-electron chi connectivity index (χ4n) is 4.56. The van der Waals surface area contributed by atoms with Gasteiger partial charge in [-0.3, -0.25) is 9.10 Å². The summed E-state index contributed by atoms with van der Waals surface area (Å²) < 4.78 is 128. The van der Waals surface area contributed by atoms with Crippen molar-refractivity contribution in [3.63, 3.8) is 0 Å². The van der Waals surface area contributed by atoms with E-state index in [1.807, 2.05) is 0 Å². The number of alkyl halides is 6. The number of carbonyl (C=O) groups excluding carboxylic acids is 1. The molecule has 1 atom stereocenters. The smallest absolute Gasteiger partial charge is 0.430 e. The molecule has 2 heterocycles. The first-order valence-corrected chi connectivity index (χ1v) is 13.5. The first-order chi connectivity index (χ1) is 19.5. The molecule has 2 aromatic carbocycles. The fraction of sp³-hybridized carbons (Fsp3) is 0.308. The molecule has 1 aliphatic rings. The van der Waals surface area contributed by atoms with Gasteiger partial charge < -0.3 is 15.2 Å². The second-order valence-corrected chi connectivity index (χ2v) is 11.1. The van der Waals surface area contributed by atoms with Crippen molar-refractivity contribution in [3.8, 4) is 5.88 Å². The van der Waals surface area contributed by atoms with E-state index in [0.29, 0.717) is 12.1 Å². The number of fused-ring (bicyclic) bond motifs is 1. The van der Waals surface area contributed by atoms with Crippen LogP contribution >= 0.6 is 0 Å². The number of aromatic nitrogens is 1. The fourth-order valence-corrected chi connectivity index (χ4v) is 6.27.